The maximum atomic E-state index is 11.6. The predicted octanol–water partition coefficient (Wildman–Crippen LogP) is 6.44. The highest BCUT2D eigenvalue weighted by molar-refractivity contribution is 5.13. The molecule has 0 spiro atoms. The Morgan fingerprint density at radius 3 is 2.34 bits per heavy atom. The van der Waals surface area contributed by atoms with E-state index in [1.54, 1.807) is 0 Å². The van der Waals surface area contributed by atoms with Crippen molar-refractivity contribution < 1.29 is 10.2 Å². The van der Waals surface area contributed by atoms with Gasteiger partial charge in [0.25, 0.3) is 0 Å². The Kier molecular flexibility index (Phi) is 6.19. The zero-order chi connectivity index (χ0) is 21.0. The molecule has 0 aliphatic heterocycles. The molecule has 4 aliphatic rings. The molecule has 4 rings (SSSR count). The van der Waals surface area contributed by atoms with Crippen LogP contribution in [0.15, 0.2) is 0 Å². The summed E-state index contributed by atoms with van der Waals surface area (Å²) in [6.07, 6.45) is 13.4. The van der Waals surface area contributed by atoms with Gasteiger partial charge in [0.05, 0.1) is 12.2 Å². The van der Waals surface area contributed by atoms with Gasteiger partial charge in [0.2, 0.25) is 0 Å². The number of hydrogen-bond donors (Lipinski definition) is 2. The van der Waals surface area contributed by atoms with Gasteiger partial charge in [-0.2, -0.15) is 0 Å². The van der Waals surface area contributed by atoms with Crippen LogP contribution in [0.1, 0.15) is 105 Å². The van der Waals surface area contributed by atoms with Crippen LogP contribution in [0.2, 0.25) is 0 Å². The molecule has 2 nitrogen and oxygen atoms in total. The van der Waals surface area contributed by atoms with Crippen LogP contribution in [0.5, 0.6) is 0 Å². The van der Waals surface area contributed by atoms with Gasteiger partial charge in [-0.25, -0.2) is 0 Å². The fourth-order valence-electron chi connectivity index (χ4n) is 9.33. The maximum absolute atomic E-state index is 11.6. The van der Waals surface area contributed by atoms with Crippen LogP contribution in [-0.4, -0.2) is 22.4 Å². The first kappa shape index (κ1) is 22.1. The highest BCUT2D eigenvalue weighted by Gasteiger charge is 2.64. The molecule has 0 bridgehead atoms. The summed E-state index contributed by atoms with van der Waals surface area (Å²) in [7, 11) is 0. The molecule has 0 radical (unpaired) electrons. The molecule has 0 saturated heterocycles. The standard InChI is InChI=1S/C27H48O2/c1-17(2)9-8-10-18(3)20-12-13-21-19-15-24(28)22-11-6-7-14-26(22,4)23(19)16-25(29)27(20,21)5/h17-25,28-29H,6-16H2,1-5H3. The van der Waals surface area contributed by atoms with Gasteiger partial charge >= 0.3 is 0 Å². The molecule has 0 aromatic heterocycles. The number of aliphatic hydroxyl groups is 2. The molecular weight excluding hydrogens is 356 g/mol. The summed E-state index contributed by atoms with van der Waals surface area (Å²) >= 11 is 0. The fourth-order valence-corrected chi connectivity index (χ4v) is 9.33. The van der Waals surface area contributed by atoms with Crippen molar-refractivity contribution in [1.82, 2.24) is 0 Å². The van der Waals surface area contributed by atoms with E-state index in [1.165, 1.54) is 57.8 Å². The second kappa shape index (κ2) is 8.12. The third-order valence-electron chi connectivity index (χ3n) is 10.9. The molecule has 2 heteroatoms. The van der Waals surface area contributed by atoms with Gasteiger partial charge in [-0.3, -0.25) is 0 Å². The molecule has 0 aromatic rings. The molecule has 10 unspecified atom stereocenters. The predicted molar refractivity (Wildman–Crippen MR) is 120 cm³/mol. The van der Waals surface area contributed by atoms with Crippen molar-refractivity contribution in [1.29, 1.82) is 0 Å². The van der Waals surface area contributed by atoms with Crippen molar-refractivity contribution in [3.63, 3.8) is 0 Å². The molecule has 168 valence electrons. The lowest BCUT2D eigenvalue weighted by atomic mass is 9.43. The summed E-state index contributed by atoms with van der Waals surface area (Å²) in [5.74, 6) is 4.50. The molecular formula is C27H48O2. The SMILES string of the molecule is CC(C)CCCC(C)C1CCC2C3CC(O)C4CCCCC4(C)C3CC(O)C12C. The maximum Gasteiger partial charge on any atom is 0.0602 e. The number of rotatable bonds is 5. The highest BCUT2D eigenvalue weighted by atomic mass is 16.3. The lowest BCUT2D eigenvalue weighted by Crippen LogP contribution is -2.61. The second-order valence-electron chi connectivity index (χ2n) is 12.6. The monoisotopic (exact) mass is 404 g/mol. The molecule has 2 N–H and O–H groups in total. The van der Waals surface area contributed by atoms with E-state index in [2.05, 4.69) is 34.6 Å². The van der Waals surface area contributed by atoms with Crippen LogP contribution in [0.25, 0.3) is 0 Å². The second-order valence-corrected chi connectivity index (χ2v) is 12.6. The Balaban J connectivity index is 1.55. The first-order valence-electron chi connectivity index (χ1n) is 13.1. The molecule has 0 heterocycles. The summed E-state index contributed by atoms with van der Waals surface area (Å²) in [6.45, 7) is 12.0. The van der Waals surface area contributed by atoms with Gasteiger partial charge in [-0.1, -0.05) is 66.7 Å². The van der Waals surface area contributed by atoms with Crippen LogP contribution in [0, 0.1) is 52.3 Å². The Morgan fingerprint density at radius 1 is 0.862 bits per heavy atom. The Morgan fingerprint density at radius 2 is 1.62 bits per heavy atom. The van der Waals surface area contributed by atoms with Crippen molar-refractivity contribution in [2.24, 2.45) is 52.3 Å². The smallest absolute Gasteiger partial charge is 0.0602 e. The van der Waals surface area contributed by atoms with E-state index in [0.29, 0.717) is 35.5 Å². The number of aliphatic hydroxyl groups excluding tert-OH is 2. The summed E-state index contributed by atoms with van der Waals surface area (Å²) in [5.41, 5.74) is 0.319. The van der Waals surface area contributed by atoms with Crippen LogP contribution in [0.3, 0.4) is 0 Å². The zero-order valence-electron chi connectivity index (χ0n) is 19.9. The van der Waals surface area contributed by atoms with Gasteiger partial charge in [-0.15, -0.1) is 0 Å². The minimum absolute atomic E-state index is 0.0655. The summed E-state index contributed by atoms with van der Waals surface area (Å²) in [4.78, 5) is 0. The zero-order valence-corrected chi connectivity index (χ0v) is 19.9. The van der Waals surface area contributed by atoms with Gasteiger partial charge in [0.1, 0.15) is 0 Å². The summed E-state index contributed by atoms with van der Waals surface area (Å²) in [5, 5.41) is 22.8. The van der Waals surface area contributed by atoms with Crippen LogP contribution in [0.4, 0.5) is 0 Å². The van der Waals surface area contributed by atoms with E-state index in [9.17, 15) is 10.2 Å². The minimum Gasteiger partial charge on any atom is -0.393 e. The first-order valence-corrected chi connectivity index (χ1v) is 13.1. The van der Waals surface area contributed by atoms with Gasteiger partial charge in [-0.05, 0) is 90.8 Å². The Hall–Kier alpha value is -0.0800. The number of fused-ring (bicyclic) bond motifs is 5. The topological polar surface area (TPSA) is 40.5 Å². The molecule has 4 saturated carbocycles. The van der Waals surface area contributed by atoms with Gasteiger partial charge in [0.15, 0.2) is 0 Å². The van der Waals surface area contributed by atoms with E-state index in [1.807, 2.05) is 0 Å². The Bertz CT molecular complexity index is 573. The van der Waals surface area contributed by atoms with E-state index in [4.69, 9.17) is 0 Å². The van der Waals surface area contributed by atoms with E-state index >= 15 is 0 Å². The minimum atomic E-state index is -0.150. The largest absolute Gasteiger partial charge is 0.393 e. The third kappa shape index (κ3) is 3.53. The lowest BCUT2D eigenvalue weighted by molar-refractivity contribution is -0.194. The summed E-state index contributed by atoms with van der Waals surface area (Å²) in [6, 6.07) is 0. The van der Waals surface area contributed by atoms with Crippen LogP contribution >= 0.6 is 0 Å². The third-order valence-corrected chi connectivity index (χ3v) is 10.9. The van der Waals surface area contributed by atoms with Crippen molar-refractivity contribution in [2.45, 2.75) is 117 Å². The van der Waals surface area contributed by atoms with E-state index in [-0.39, 0.29) is 23.0 Å². The summed E-state index contributed by atoms with van der Waals surface area (Å²) < 4.78 is 0. The van der Waals surface area contributed by atoms with Crippen molar-refractivity contribution in [2.75, 3.05) is 0 Å². The molecule has 29 heavy (non-hydrogen) atoms. The molecule has 4 fully saturated rings. The normalized spacial score (nSPS) is 50.7. The average molecular weight is 405 g/mol. The van der Waals surface area contributed by atoms with Gasteiger partial charge in [0, 0.05) is 0 Å². The fraction of sp³-hybridized carbons (Fsp3) is 1.00. The molecule has 10 atom stereocenters. The lowest BCUT2D eigenvalue weighted by Gasteiger charge is -2.63. The van der Waals surface area contributed by atoms with Crippen LogP contribution < -0.4 is 0 Å². The molecule has 4 aliphatic carbocycles. The van der Waals surface area contributed by atoms with Gasteiger partial charge < -0.3 is 10.2 Å². The molecule has 0 amide bonds. The van der Waals surface area contributed by atoms with E-state index < -0.39 is 0 Å². The van der Waals surface area contributed by atoms with Crippen molar-refractivity contribution >= 4 is 0 Å². The van der Waals surface area contributed by atoms with Crippen molar-refractivity contribution in [3.8, 4) is 0 Å². The highest BCUT2D eigenvalue weighted by Crippen LogP contribution is 2.68. The van der Waals surface area contributed by atoms with Crippen LogP contribution in [-0.2, 0) is 0 Å². The first-order chi connectivity index (χ1) is 13.7. The Labute approximate surface area is 180 Å². The average Bonchev–Trinajstić information content (AvgIpc) is 3.02. The number of hydrogen-bond acceptors (Lipinski definition) is 2. The molecule has 0 aromatic carbocycles. The quantitative estimate of drug-likeness (QED) is 0.553. The van der Waals surface area contributed by atoms with E-state index in [0.717, 1.165) is 18.8 Å². The van der Waals surface area contributed by atoms with Crippen molar-refractivity contribution in [3.05, 3.63) is 0 Å².